The van der Waals surface area contributed by atoms with Gasteiger partial charge in [-0.3, -0.25) is 4.79 Å². The third-order valence-corrected chi connectivity index (χ3v) is 2.93. The van der Waals surface area contributed by atoms with Gasteiger partial charge in [0.1, 0.15) is 5.75 Å². The quantitative estimate of drug-likeness (QED) is 0.751. The Labute approximate surface area is 115 Å². The van der Waals surface area contributed by atoms with Crippen molar-refractivity contribution in [2.45, 2.75) is 0 Å². The van der Waals surface area contributed by atoms with E-state index in [1.165, 1.54) is 0 Å². The van der Waals surface area contributed by atoms with Crippen LogP contribution in [0.4, 0.5) is 5.69 Å². The van der Waals surface area contributed by atoms with Crippen LogP contribution in [0.1, 0.15) is 0 Å². The summed E-state index contributed by atoms with van der Waals surface area (Å²) in [5, 5.41) is 5.76. The van der Waals surface area contributed by atoms with E-state index in [1.54, 1.807) is 14.2 Å². The zero-order valence-electron chi connectivity index (χ0n) is 10.5. The number of amides is 1. The van der Waals surface area contributed by atoms with E-state index in [4.69, 9.17) is 9.47 Å². The van der Waals surface area contributed by atoms with Crippen molar-refractivity contribution in [2.24, 2.45) is 0 Å². The molecule has 0 atom stereocenters. The molecule has 18 heavy (non-hydrogen) atoms. The molecule has 1 aromatic carbocycles. The van der Waals surface area contributed by atoms with E-state index in [0.29, 0.717) is 13.2 Å². The average Bonchev–Trinajstić information content (AvgIpc) is 2.38. The van der Waals surface area contributed by atoms with Gasteiger partial charge < -0.3 is 20.1 Å². The SMILES string of the molecule is COCCNC(=O)CNc1cc(OC)ccc1Br. The fourth-order valence-electron chi connectivity index (χ4n) is 1.30. The maximum atomic E-state index is 11.5. The molecule has 0 spiro atoms. The first-order chi connectivity index (χ1) is 8.67. The number of halogens is 1. The lowest BCUT2D eigenvalue weighted by Crippen LogP contribution is -2.32. The number of hydrogen-bond acceptors (Lipinski definition) is 4. The molecule has 2 N–H and O–H groups in total. The fourth-order valence-corrected chi connectivity index (χ4v) is 1.68. The van der Waals surface area contributed by atoms with Gasteiger partial charge in [-0.25, -0.2) is 0 Å². The van der Waals surface area contributed by atoms with Crippen molar-refractivity contribution in [3.8, 4) is 5.75 Å². The Morgan fingerprint density at radius 1 is 1.39 bits per heavy atom. The molecule has 0 aliphatic carbocycles. The molecular formula is C12H17BrN2O3. The monoisotopic (exact) mass is 316 g/mol. The smallest absolute Gasteiger partial charge is 0.239 e. The topological polar surface area (TPSA) is 59.6 Å². The maximum absolute atomic E-state index is 11.5. The summed E-state index contributed by atoms with van der Waals surface area (Å²) >= 11 is 3.40. The molecule has 0 bridgehead atoms. The van der Waals surface area contributed by atoms with Crippen LogP contribution in [-0.2, 0) is 9.53 Å². The second-order valence-corrected chi connectivity index (χ2v) is 4.40. The molecule has 0 aliphatic heterocycles. The molecule has 5 nitrogen and oxygen atoms in total. The highest BCUT2D eigenvalue weighted by Crippen LogP contribution is 2.26. The predicted molar refractivity (Wildman–Crippen MR) is 74.1 cm³/mol. The third-order valence-electron chi connectivity index (χ3n) is 2.24. The summed E-state index contributed by atoms with van der Waals surface area (Å²) in [4.78, 5) is 11.5. The molecule has 1 aromatic rings. The summed E-state index contributed by atoms with van der Waals surface area (Å²) in [6.07, 6.45) is 0. The minimum absolute atomic E-state index is 0.0817. The summed E-state index contributed by atoms with van der Waals surface area (Å²) in [5.41, 5.74) is 0.816. The Bertz CT molecular complexity index is 399. The van der Waals surface area contributed by atoms with Crippen molar-refractivity contribution in [1.82, 2.24) is 5.32 Å². The zero-order chi connectivity index (χ0) is 13.4. The minimum atomic E-state index is -0.0817. The van der Waals surface area contributed by atoms with E-state index in [-0.39, 0.29) is 12.5 Å². The van der Waals surface area contributed by atoms with E-state index >= 15 is 0 Å². The number of benzene rings is 1. The summed E-state index contributed by atoms with van der Waals surface area (Å²) in [5.74, 6) is 0.655. The van der Waals surface area contributed by atoms with Gasteiger partial charge >= 0.3 is 0 Å². The second kappa shape index (κ2) is 7.94. The maximum Gasteiger partial charge on any atom is 0.239 e. The second-order valence-electron chi connectivity index (χ2n) is 3.54. The van der Waals surface area contributed by atoms with Crippen molar-refractivity contribution in [3.05, 3.63) is 22.7 Å². The molecule has 0 radical (unpaired) electrons. The molecule has 0 saturated heterocycles. The number of methoxy groups -OCH3 is 2. The number of ether oxygens (including phenoxy) is 2. The first-order valence-electron chi connectivity index (χ1n) is 5.50. The summed E-state index contributed by atoms with van der Waals surface area (Å²) in [7, 11) is 3.20. The van der Waals surface area contributed by atoms with E-state index < -0.39 is 0 Å². The first kappa shape index (κ1) is 14.8. The standard InChI is InChI=1S/C12H17BrN2O3/c1-17-6-5-14-12(16)8-15-11-7-9(18-2)3-4-10(11)13/h3-4,7,15H,5-6,8H2,1-2H3,(H,14,16). The van der Waals surface area contributed by atoms with Gasteiger partial charge in [-0.1, -0.05) is 0 Å². The van der Waals surface area contributed by atoms with Crippen LogP contribution in [0.25, 0.3) is 0 Å². The molecule has 0 aliphatic rings. The van der Waals surface area contributed by atoms with E-state index in [0.717, 1.165) is 15.9 Å². The van der Waals surface area contributed by atoms with E-state index in [9.17, 15) is 4.79 Å². The highest BCUT2D eigenvalue weighted by molar-refractivity contribution is 9.10. The van der Waals surface area contributed by atoms with Gasteiger partial charge in [0, 0.05) is 24.2 Å². The summed E-state index contributed by atoms with van der Waals surface area (Å²) in [6, 6.07) is 5.53. The van der Waals surface area contributed by atoms with Crippen LogP contribution < -0.4 is 15.4 Å². The van der Waals surface area contributed by atoms with Crippen LogP contribution in [0.5, 0.6) is 5.75 Å². The van der Waals surface area contributed by atoms with Crippen molar-refractivity contribution in [1.29, 1.82) is 0 Å². The fraction of sp³-hybridized carbons (Fsp3) is 0.417. The number of nitrogens with one attached hydrogen (secondary N) is 2. The molecule has 0 saturated carbocycles. The normalized spacial score (nSPS) is 9.94. The van der Waals surface area contributed by atoms with Crippen LogP contribution in [0.15, 0.2) is 22.7 Å². The molecule has 1 amide bonds. The molecule has 6 heteroatoms. The number of rotatable bonds is 7. The largest absolute Gasteiger partial charge is 0.497 e. The molecule has 1 rings (SSSR count). The Kier molecular flexibility index (Phi) is 6.53. The first-order valence-corrected chi connectivity index (χ1v) is 6.29. The Balaban J connectivity index is 2.45. The number of anilines is 1. The lowest BCUT2D eigenvalue weighted by atomic mass is 10.3. The predicted octanol–water partition coefficient (Wildman–Crippen LogP) is 1.63. The van der Waals surface area contributed by atoms with Crippen LogP contribution >= 0.6 is 15.9 Å². The number of hydrogen-bond donors (Lipinski definition) is 2. The van der Waals surface area contributed by atoms with Gasteiger partial charge in [-0.15, -0.1) is 0 Å². The van der Waals surface area contributed by atoms with Crippen LogP contribution in [0.3, 0.4) is 0 Å². The Morgan fingerprint density at radius 3 is 2.83 bits per heavy atom. The van der Waals surface area contributed by atoms with Gasteiger partial charge in [-0.05, 0) is 28.1 Å². The van der Waals surface area contributed by atoms with Crippen molar-refractivity contribution in [2.75, 3.05) is 39.2 Å². The van der Waals surface area contributed by atoms with Gasteiger partial charge in [0.25, 0.3) is 0 Å². The average molecular weight is 317 g/mol. The van der Waals surface area contributed by atoms with Crippen molar-refractivity contribution in [3.63, 3.8) is 0 Å². The van der Waals surface area contributed by atoms with Crippen LogP contribution in [-0.4, -0.2) is 39.8 Å². The molecular weight excluding hydrogens is 300 g/mol. The van der Waals surface area contributed by atoms with E-state index in [2.05, 4.69) is 26.6 Å². The van der Waals surface area contributed by atoms with Crippen molar-refractivity contribution >= 4 is 27.5 Å². The van der Waals surface area contributed by atoms with Crippen LogP contribution in [0, 0.1) is 0 Å². The molecule has 100 valence electrons. The van der Waals surface area contributed by atoms with Crippen LogP contribution in [0.2, 0.25) is 0 Å². The van der Waals surface area contributed by atoms with Gasteiger partial charge in [0.2, 0.25) is 5.91 Å². The van der Waals surface area contributed by atoms with E-state index in [1.807, 2.05) is 18.2 Å². The lowest BCUT2D eigenvalue weighted by Gasteiger charge is -2.10. The molecule has 0 aromatic heterocycles. The van der Waals surface area contributed by atoms with Gasteiger partial charge in [-0.2, -0.15) is 0 Å². The highest BCUT2D eigenvalue weighted by Gasteiger charge is 2.04. The highest BCUT2D eigenvalue weighted by atomic mass is 79.9. The summed E-state index contributed by atoms with van der Waals surface area (Å²) in [6.45, 7) is 1.22. The van der Waals surface area contributed by atoms with Gasteiger partial charge in [0.05, 0.1) is 25.9 Å². The summed E-state index contributed by atoms with van der Waals surface area (Å²) < 4.78 is 10.8. The number of carbonyl (C=O) groups excluding carboxylic acids is 1. The Morgan fingerprint density at radius 2 is 2.17 bits per heavy atom. The third kappa shape index (κ3) is 4.93. The van der Waals surface area contributed by atoms with Crippen molar-refractivity contribution < 1.29 is 14.3 Å². The zero-order valence-corrected chi connectivity index (χ0v) is 12.0. The van der Waals surface area contributed by atoms with Gasteiger partial charge in [0.15, 0.2) is 0 Å². The molecule has 0 fully saturated rings. The Hall–Kier alpha value is -1.27. The lowest BCUT2D eigenvalue weighted by molar-refractivity contribution is -0.119. The minimum Gasteiger partial charge on any atom is -0.497 e. The molecule has 0 heterocycles. The molecule has 0 unspecified atom stereocenters. The number of carbonyl (C=O) groups is 1.